The summed E-state index contributed by atoms with van der Waals surface area (Å²) in [6.45, 7) is 2.46. The van der Waals surface area contributed by atoms with E-state index in [4.69, 9.17) is 27.9 Å². The number of aryl methyl sites for hydroxylation is 2. The summed E-state index contributed by atoms with van der Waals surface area (Å²) >= 11 is 11.7. The molecule has 1 aliphatic rings. The third-order valence-corrected chi connectivity index (χ3v) is 4.45. The van der Waals surface area contributed by atoms with Crippen LogP contribution in [0.3, 0.4) is 0 Å². The minimum atomic E-state index is -0.410. The molecule has 2 heterocycles. The average molecular weight is 331 g/mol. The van der Waals surface area contributed by atoms with Gasteiger partial charge in [-0.15, -0.1) is 11.6 Å². The smallest absolute Gasteiger partial charge is 0.144 e. The first-order chi connectivity index (χ1) is 10.2. The van der Waals surface area contributed by atoms with Crippen LogP contribution >= 0.6 is 23.2 Å². The van der Waals surface area contributed by atoms with Crippen molar-refractivity contribution in [3.63, 3.8) is 0 Å². The van der Waals surface area contributed by atoms with Gasteiger partial charge in [-0.3, -0.25) is 0 Å². The monoisotopic (exact) mass is 330 g/mol. The predicted octanol–water partition coefficient (Wildman–Crippen LogP) is 4.04. The summed E-state index contributed by atoms with van der Waals surface area (Å²) in [7, 11) is 0. The quantitative estimate of drug-likeness (QED) is 0.773. The van der Waals surface area contributed by atoms with Gasteiger partial charge >= 0.3 is 0 Å². The van der Waals surface area contributed by atoms with Crippen LogP contribution in [0.1, 0.15) is 18.7 Å². The topological polar surface area (TPSA) is 27.1 Å². The van der Waals surface area contributed by atoms with Crippen molar-refractivity contribution >= 4 is 34.2 Å². The van der Waals surface area contributed by atoms with E-state index in [1.807, 2.05) is 0 Å². The standard InChI is InChI=1S/C15H17Cl2FN2O/c16-4-1-15-19-13-7-11(17)12(18)8-14(13)20(15)5-2-10-3-6-21-9-10/h7-8,10H,1-6,9H2. The Morgan fingerprint density at radius 1 is 1.43 bits per heavy atom. The molecule has 1 unspecified atom stereocenters. The second-order valence-corrected chi connectivity index (χ2v) is 6.18. The van der Waals surface area contributed by atoms with Crippen molar-refractivity contribution in [3.8, 4) is 0 Å². The molecule has 1 aromatic carbocycles. The van der Waals surface area contributed by atoms with E-state index < -0.39 is 5.82 Å². The zero-order valence-corrected chi connectivity index (χ0v) is 13.1. The van der Waals surface area contributed by atoms with Crippen LogP contribution < -0.4 is 0 Å². The fraction of sp³-hybridized carbons (Fsp3) is 0.533. The highest BCUT2D eigenvalue weighted by Crippen LogP contribution is 2.26. The average Bonchev–Trinajstić information content (AvgIpc) is 3.06. The highest BCUT2D eigenvalue weighted by Gasteiger charge is 2.18. The van der Waals surface area contributed by atoms with Crippen molar-refractivity contribution in [1.82, 2.24) is 9.55 Å². The number of imidazole rings is 1. The molecule has 0 N–H and O–H groups in total. The number of halogens is 3. The van der Waals surface area contributed by atoms with E-state index in [9.17, 15) is 4.39 Å². The molecule has 0 bridgehead atoms. The lowest BCUT2D eigenvalue weighted by Gasteiger charge is -2.11. The maximum absolute atomic E-state index is 13.7. The molecule has 3 rings (SSSR count). The number of aromatic nitrogens is 2. The van der Waals surface area contributed by atoms with Crippen LogP contribution in [-0.4, -0.2) is 28.6 Å². The summed E-state index contributed by atoms with van der Waals surface area (Å²) in [6, 6.07) is 3.05. The maximum Gasteiger partial charge on any atom is 0.144 e. The van der Waals surface area contributed by atoms with Gasteiger partial charge in [-0.1, -0.05) is 11.6 Å². The second-order valence-electron chi connectivity index (χ2n) is 5.39. The Bertz CT molecular complexity index is 638. The molecule has 0 aliphatic carbocycles. The minimum absolute atomic E-state index is 0.105. The lowest BCUT2D eigenvalue weighted by atomic mass is 10.1. The summed E-state index contributed by atoms with van der Waals surface area (Å²) in [5.74, 6) is 1.54. The van der Waals surface area contributed by atoms with Gasteiger partial charge in [0, 0.05) is 38.1 Å². The summed E-state index contributed by atoms with van der Waals surface area (Å²) in [5, 5.41) is 0.105. The Kier molecular flexibility index (Phi) is 4.67. The summed E-state index contributed by atoms with van der Waals surface area (Å²) < 4.78 is 21.2. The summed E-state index contributed by atoms with van der Waals surface area (Å²) in [6.07, 6.45) is 2.76. The van der Waals surface area contributed by atoms with E-state index in [1.165, 1.54) is 6.07 Å². The number of hydrogen-bond acceptors (Lipinski definition) is 2. The maximum atomic E-state index is 13.7. The van der Waals surface area contributed by atoms with Crippen LogP contribution in [0.2, 0.25) is 5.02 Å². The van der Waals surface area contributed by atoms with Gasteiger partial charge in [-0.05, 0) is 24.8 Å². The first-order valence-corrected chi connectivity index (χ1v) is 8.08. The number of benzene rings is 1. The van der Waals surface area contributed by atoms with Crippen molar-refractivity contribution in [1.29, 1.82) is 0 Å². The molecule has 1 aliphatic heterocycles. The molecule has 0 radical (unpaired) electrons. The van der Waals surface area contributed by atoms with Crippen LogP contribution in [0.5, 0.6) is 0 Å². The molecule has 0 saturated carbocycles. The Labute approximate surface area is 133 Å². The number of ether oxygens (including phenoxy) is 1. The molecule has 0 amide bonds. The minimum Gasteiger partial charge on any atom is -0.381 e. The Morgan fingerprint density at radius 2 is 2.29 bits per heavy atom. The highest BCUT2D eigenvalue weighted by atomic mass is 35.5. The van der Waals surface area contributed by atoms with Crippen LogP contribution in [0, 0.1) is 11.7 Å². The van der Waals surface area contributed by atoms with E-state index in [-0.39, 0.29) is 5.02 Å². The van der Waals surface area contributed by atoms with Crippen molar-refractivity contribution in [2.75, 3.05) is 19.1 Å². The van der Waals surface area contributed by atoms with Crippen LogP contribution in [0.25, 0.3) is 11.0 Å². The molecule has 6 heteroatoms. The Morgan fingerprint density at radius 3 is 3.00 bits per heavy atom. The molecule has 1 atom stereocenters. The van der Waals surface area contributed by atoms with Crippen LogP contribution in [-0.2, 0) is 17.7 Å². The molecule has 3 nitrogen and oxygen atoms in total. The summed E-state index contributed by atoms with van der Waals surface area (Å²) in [4.78, 5) is 4.55. The normalized spacial score (nSPS) is 18.7. The van der Waals surface area contributed by atoms with E-state index in [0.29, 0.717) is 18.2 Å². The molecule has 21 heavy (non-hydrogen) atoms. The molecule has 2 aromatic rings. The predicted molar refractivity (Wildman–Crippen MR) is 82.7 cm³/mol. The van der Waals surface area contributed by atoms with Gasteiger partial charge in [0.25, 0.3) is 0 Å². The van der Waals surface area contributed by atoms with Crippen LogP contribution in [0.4, 0.5) is 4.39 Å². The zero-order valence-electron chi connectivity index (χ0n) is 11.6. The van der Waals surface area contributed by atoms with Gasteiger partial charge in [0.05, 0.1) is 16.1 Å². The molecular formula is C15H17Cl2FN2O. The summed E-state index contributed by atoms with van der Waals surface area (Å²) in [5.41, 5.74) is 1.51. The van der Waals surface area contributed by atoms with E-state index in [1.54, 1.807) is 6.07 Å². The van der Waals surface area contributed by atoms with Crippen molar-refractivity contribution in [3.05, 3.63) is 28.8 Å². The number of alkyl halides is 1. The van der Waals surface area contributed by atoms with Crippen molar-refractivity contribution in [2.24, 2.45) is 5.92 Å². The lowest BCUT2D eigenvalue weighted by Crippen LogP contribution is -2.09. The zero-order chi connectivity index (χ0) is 14.8. The van der Waals surface area contributed by atoms with Gasteiger partial charge in [-0.25, -0.2) is 9.37 Å². The third-order valence-electron chi connectivity index (χ3n) is 3.97. The lowest BCUT2D eigenvalue weighted by molar-refractivity contribution is 0.183. The number of rotatable bonds is 5. The molecule has 1 saturated heterocycles. The van der Waals surface area contributed by atoms with Crippen molar-refractivity contribution in [2.45, 2.75) is 25.8 Å². The number of hydrogen-bond donors (Lipinski definition) is 0. The van der Waals surface area contributed by atoms with Gasteiger partial charge in [-0.2, -0.15) is 0 Å². The Balaban J connectivity index is 1.92. The van der Waals surface area contributed by atoms with E-state index in [0.717, 1.165) is 49.5 Å². The number of fused-ring (bicyclic) bond motifs is 1. The SMILES string of the molecule is Fc1cc2c(cc1Cl)nc(CCCl)n2CCC1CCOC1. The molecule has 0 spiro atoms. The highest BCUT2D eigenvalue weighted by molar-refractivity contribution is 6.31. The first kappa shape index (κ1) is 15.1. The van der Waals surface area contributed by atoms with Gasteiger partial charge in [0.2, 0.25) is 0 Å². The van der Waals surface area contributed by atoms with Crippen molar-refractivity contribution < 1.29 is 9.13 Å². The molecule has 1 fully saturated rings. The molecular weight excluding hydrogens is 314 g/mol. The van der Waals surface area contributed by atoms with Crippen LogP contribution in [0.15, 0.2) is 12.1 Å². The second kappa shape index (κ2) is 6.51. The first-order valence-electron chi connectivity index (χ1n) is 7.17. The van der Waals surface area contributed by atoms with E-state index >= 15 is 0 Å². The van der Waals surface area contributed by atoms with Gasteiger partial charge < -0.3 is 9.30 Å². The number of nitrogens with zero attached hydrogens (tertiary/aromatic N) is 2. The third kappa shape index (κ3) is 3.17. The fourth-order valence-electron chi connectivity index (χ4n) is 2.82. The van der Waals surface area contributed by atoms with Gasteiger partial charge in [0.1, 0.15) is 11.6 Å². The Hall–Kier alpha value is -0.840. The van der Waals surface area contributed by atoms with E-state index in [2.05, 4.69) is 9.55 Å². The van der Waals surface area contributed by atoms with Gasteiger partial charge in [0.15, 0.2) is 0 Å². The molecule has 114 valence electrons. The largest absolute Gasteiger partial charge is 0.381 e. The molecule has 1 aromatic heterocycles. The fourth-order valence-corrected chi connectivity index (χ4v) is 3.14.